The minimum atomic E-state index is 0. The number of hydrogen-bond donors (Lipinski definition) is 0. The molecule has 0 saturated carbocycles. The summed E-state index contributed by atoms with van der Waals surface area (Å²) in [6.07, 6.45) is 0. The first-order chi connectivity index (χ1) is 9.26. The Kier molecular flexibility index (Phi) is 4.53. The van der Waals surface area contributed by atoms with Gasteiger partial charge in [0, 0.05) is 11.6 Å². The molecule has 1 aromatic heterocycles. The van der Waals surface area contributed by atoms with Crippen molar-refractivity contribution in [2.45, 2.75) is 13.5 Å². The lowest BCUT2D eigenvalue weighted by Gasteiger charge is -1.97. The number of benzene rings is 2. The molecule has 0 N–H and O–H groups in total. The Bertz CT molecular complexity index is 769. The topological polar surface area (TPSA) is 27.7 Å². The third-order valence-corrected chi connectivity index (χ3v) is 4.11. The van der Waals surface area contributed by atoms with Gasteiger partial charge in [0.25, 0.3) is 0 Å². The lowest BCUT2D eigenvalue weighted by Crippen LogP contribution is -3.00. The first-order valence-corrected chi connectivity index (χ1v) is 7.00. The molecule has 0 aliphatic carbocycles. The van der Waals surface area contributed by atoms with Crippen molar-refractivity contribution in [3.8, 4) is 6.07 Å². The molecule has 0 amide bonds. The molecule has 0 fully saturated rings. The van der Waals surface area contributed by atoms with E-state index in [2.05, 4.69) is 41.3 Å². The maximum absolute atomic E-state index is 8.80. The van der Waals surface area contributed by atoms with E-state index < -0.39 is 0 Å². The Morgan fingerprint density at radius 3 is 2.60 bits per heavy atom. The Labute approximate surface area is 132 Å². The van der Waals surface area contributed by atoms with Crippen LogP contribution in [0.3, 0.4) is 0 Å². The SMILES string of the molecule is Cc1ccc2c(c1)sc[n+]2Cc1ccc(C#N)cc1.[Br-]. The third-order valence-electron chi connectivity index (χ3n) is 3.17. The van der Waals surface area contributed by atoms with E-state index >= 15 is 0 Å². The van der Waals surface area contributed by atoms with E-state index in [1.807, 2.05) is 24.3 Å². The highest BCUT2D eigenvalue weighted by Crippen LogP contribution is 2.18. The third kappa shape index (κ3) is 2.90. The summed E-state index contributed by atoms with van der Waals surface area (Å²) >= 11 is 1.77. The number of aryl methyl sites for hydroxylation is 1. The predicted molar refractivity (Wildman–Crippen MR) is 77.0 cm³/mol. The Morgan fingerprint density at radius 2 is 1.90 bits per heavy atom. The van der Waals surface area contributed by atoms with Gasteiger partial charge in [0.2, 0.25) is 11.0 Å². The molecule has 2 aromatic carbocycles. The van der Waals surface area contributed by atoms with E-state index in [1.54, 1.807) is 11.3 Å². The molecule has 1 heterocycles. The van der Waals surface area contributed by atoms with Crippen LogP contribution in [-0.2, 0) is 6.54 Å². The zero-order valence-corrected chi connectivity index (χ0v) is 13.4. The number of fused-ring (bicyclic) bond motifs is 1. The number of nitriles is 1. The van der Waals surface area contributed by atoms with Crippen LogP contribution in [0.25, 0.3) is 10.2 Å². The van der Waals surface area contributed by atoms with Crippen LogP contribution in [-0.4, -0.2) is 0 Å². The summed E-state index contributed by atoms with van der Waals surface area (Å²) in [5.41, 5.74) is 6.63. The Balaban J connectivity index is 0.00000147. The molecule has 0 bridgehead atoms. The first kappa shape index (κ1) is 14.7. The zero-order chi connectivity index (χ0) is 13.2. The van der Waals surface area contributed by atoms with E-state index in [0.29, 0.717) is 5.56 Å². The van der Waals surface area contributed by atoms with Crippen molar-refractivity contribution >= 4 is 21.6 Å². The molecule has 0 aliphatic heterocycles. The van der Waals surface area contributed by atoms with Crippen molar-refractivity contribution in [1.29, 1.82) is 5.26 Å². The molecule has 3 aromatic rings. The van der Waals surface area contributed by atoms with Crippen molar-refractivity contribution in [2.24, 2.45) is 0 Å². The normalized spacial score (nSPS) is 10.0. The van der Waals surface area contributed by atoms with Crippen molar-refractivity contribution in [3.05, 3.63) is 64.7 Å². The largest absolute Gasteiger partial charge is 1.00 e. The lowest BCUT2D eigenvalue weighted by atomic mass is 10.1. The van der Waals surface area contributed by atoms with E-state index in [0.717, 1.165) is 6.54 Å². The number of halogens is 1. The van der Waals surface area contributed by atoms with Gasteiger partial charge in [0.05, 0.1) is 11.6 Å². The van der Waals surface area contributed by atoms with Gasteiger partial charge in [-0.1, -0.05) is 29.5 Å². The van der Waals surface area contributed by atoms with Crippen molar-refractivity contribution in [1.82, 2.24) is 0 Å². The first-order valence-electron chi connectivity index (χ1n) is 6.12. The fourth-order valence-electron chi connectivity index (χ4n) is 2.13. The Morgan fingerprint density at radius 1 is 1.15 bits per heavy atom. The van der Waals surface area contributed by atoms with Crippen molar-refractivity contribution < 1.29 is 21.5 Å². The van der Waals surface area contributed by atoms with Crippen molar-refractivity contribution in [3.63, 3.8) is 0 Å². The van der Waals surface area contributed by atoms with Crippen molar-refractivity contribution in [2.75, 3.05) is 0 Å². The minimum absolute atomic E-state index is 0. The monoisotopic (exact) mass is 344 g/mol. The molecule has 4 heteroatoms. The average molecular weight is 345 g/mol. The second-order valence-electron chi connectivity index (χ2n) is 4.63. The van der Waals surface area contributed by atoms with Gasteiger partial charge in [-0.3, -0.25) is 0 Å². The molecule has 3 rings (SSSR count). The predicted octanol–water partition coefficient (Wildman–Crippen LogP) is 0.421. The van der Waals surface area contributed by atoms with Crippen LogP contribution < -0.4 is 21.5 Å². The maximum atomic E-state index is 8.80. The van der Waals surface area contributed by atoms with Gasteiger partial charge in [0.1, 0.15) is 4.70 Å². The molecule has 0 spiro atoms. The average Bonchev–Trinajstić information content (AvgIpc) is 2.82. The van der Waals surface area contributed by atoms with Crippen LogP contribution in [0.15, 0.2) is 48.0 Å². The van der Waals surface area contributed by atoms with E-state index in [1.165, 1.54) is 21.3 Å². The number of thiazole rings is 1. The molecule has 0 unspecified atom stereocenters. The van der Waals surface area contributed by atoms with Crippen LogP contribution in [0.4, 0.5) is 0 Å². The molecule has 0 atom stereocenters. The lowest BCUT2D eigenvalue weighted by molar-refractivity contribution is -0.658. The molecule has 0 radical (unpaired) electrons. The highest BCUT2D eigenvalue weighted by Gasteiger charge is 2.12. The van der Waals surface area contributed by atoms with E-state index in [9.17, 15) is 0 Å². The summed E-state index contributed by atoms with van der Waals surface area (Å²) in [6.45, 7) is 2.96. The molecular formula is C16H13BrN2S. The second kappa shape index (κ2) is 6.17. The van der Waals surface area contributed by atoms with Crippen LogP contribution >= 0.6 is 11.3 Å². The summed E-state index contributed by atoms with van der Waals surface area (Å²) in [7, 11) is 0. The summed E-state index contributed by atoms with van der Waals surface area (Å²) in [6, 6.07) is 16.4. The molecular weight excluding hydrogens is 332 g/mol. The van der Waals surface area contributed by atoms with E-state index in [4.69, 9.17) is 5.26 Å². The number of aromatic nitrogens is 1. The highest BCUT2D eigenvalue weighted by atomic mass is 79.9. The van der Waals surface area contributed by atoms with Crippen LogP contribution in [0.2, 0.25) is 0 Å². The molecule has 20 heavy (non-hydrogen) atoms. The van der Waals surface area contributed by atoms with Gasteiger partial charge in [-0.2, -0.15) is 9.83 Å². The van der Waals surface area contributed by atoms with Crippen LogP contribution in [0.5, 0.6) is 0 Å². The quantitative estimate of drug-likeness (QED) is 0.619. The van der Waals surface area contributed by atoms with Crippen LogP contribution in [0.1, 0.15) is 16.7 Å². The zero-order valence-electron chi connectivity index (χ0n) is 11.0. The van der Waals surface area contributed by atoms with Gasteiger partial charge in [-0.15, -0.1) is 0 Å². The molecule has 0 saturated heterocycles. The van der Waals surface area contributed by atoms with Gasteiger partial charge < -0.3 is 17.0 Å². The second-order valence-corrected chi connectivity index (χ2v) is 5.52. The van der Waals surface area contributed by atoms with E-state index in [-0.39, 0.29) is 17.0 Å². The van der Waals surface area contributed by atoms with Crippen LogP contribution in [0, 0.1) is 18.3 Å². The fourth-order valence-corrected chi connectivity index (χ4v) is 3.12. The highest BCUT2D eigenvalue weighted by molar-refractivity contribution is 7.16. The standard InChI is InChI=1S/C16H13N2S.BrH/c1-12-2-7-15-16(8-12)19-11-18(15)10-14-5-3-13(9-17)4-6-14;/h2-8,11H,10H2,1H3;1H/q+1;/p-1. The summed E-state index contributed by atoms with van der Waals surface area (Å²) < 4.78 is 3.56. The van der Waals surface area contributed by atoms with Gasteiger partial charge >= 0.3 is 0 Å². The Hall–Kier alpha value is -1.70. The van der Waals surface area contributed by atoms with Gasteiger partial charge in [0.15, 0.2) is 6.54 Å². The number of rotatable bonds is 2. The summed E-state index contributed by atoms with van der Waals surface area (Å²) in [4.78, 5) is 0. The van der Waals surface area contributed by atoms with Gasteiger partial charge in [-0.25, -0.2) is 0 Å². The summed E-state index contributed by atoms with van der Waals surface area (Å²) in [5.74, 6) is 0. The molecule has 100 valence electrons. The van der Waals surface area contributed by atoms with Gasteiger partial charge in [-0.05, 0) is 30.7 Å². The minimum Gasteiger partial charge on any atom is -1.00 e. The summed E-state index contributed by atoms with van der Waals surface area (Å²) in [5, 5.41) is 8.80. The fraction of sp³-hybridized carbons (Fsp3) is 0.125. The number of nitrogens with zero attached hydrogens (tertiary/aromatic N) is 2. The maximum Gasteiger partial charge on any atom is 0.226 e. The number of hydrogen-bond acceptors (Lipinski definition) is 2. The molecule has 0 aliphatic rings. The smallest absolute Gasteiger partial charge is 0.226 e. The molecule has 2 nitrogen and oxygen atoms in total.